The van der Waals surface area contributed by atoms with Crippen LogP contribution in [0.5, 0.6) is 0 Å². The molecule has 0 atom stereocenters. The molecule has 2 heterocycles. The second-order valence-corrected chi connectivity index (χ2v) is 6.85. The minimum Gasteiger partial charge on any atom is -0.477 e. The molecule has 0 bridgehead atoms. The maximum Gasteiger partial charge on any atom is 0.341 e. The topological polar surface area (TPSA) is 105 Å². The van der Waals surface area contributed by atoms with Crippen LogP contribution in [-0.4, -0.2) is 25.8 Å². The molecule has 0 saturated carbocycles. The van der Waals surface area contributed by atoms with E-state index in [0.717, 1.165) is 0 Å². The standard InChI is InChI=1S/C19H15Cl2N3O4/c1-2-24-12(5-10-6-16(26)23-22-9-10)8-15(25)17(19(27)28)18(24)11-3-4-13(20)14(21)7-11/h3-4,6-9H,2,5H2,1H3,(H,23,26)(H,27,28). The van der Waals surface area contributed by atoms with E-state index in [-0.39, 0.29) is 28.3 Å². The molecule has 2 aromatic heterocycles. The molecule has 28 heavy (non-hydrogen) atoms. The Hall–Kier alpha value is -2.90. The van der Waals surface area contributed by atoms with Crippen LogP contribution in [0.1, 0.15) is 28.5 Å². The molecule has 7 nitrogen and oxygen atoms in total. The highest BCUT2D eigenvalue weighted by Crippen LogP contribution is 2.30. The monoisotopic (exact) mass is 419 g/mol. The number of benzene rings is 1. The van der Waals surface area contributed by atoms with E-state index < -0.39 is 11.4 Å². The van der Waals surface area contributed by atoms with Crippen molar-refractivity contribution in [2.45, 2.75) is 19.9 Å². The summed E-state index contributed by atoms with van der Waals surface area (Å²) in [6.07, 6.45) is 1.71. The SMILES string of the molecule is CCn1c(Cc2cn[nH]c(=O)c2)cc(=O)c(C(=O)O)c1-c1ccc(Cl)c(Cl)c1. The van der Waals surface area contributed by atoms with Crippen LogP contribution in [0, 0.1) is 0 Å². The summed E-state index contributed by atoms with van der Waals surface area (Å²) in [5.74, 6) is -1.34. The third-order valence-electron chi connectivity index (χ3n) is 4.23. The van der Waals surface area contributed by atoms with Gasteiger partial charge in [0.05, 0.1) is 21.9 Å². The van der Waals surface area contributed by atoms with Crippen LogP contribution in [0.3, 0.4) is 0 Å². The molecule has 3 aromatic rings. The Labute approximate surface area is 169 Å². The van der Waals surface area contributed by atoms with Crippen LogP contribution in [0.25, 0.3) is 11.3 Å². The molecular weight excluding hydrogens is 405 g/mol. The van der Waals surface area contributed by atoms with Crippen molar-refractivity contribution in [3.8, 4) is 11.3 Å². The van der Waals surface area contributed by atoms with Gasteiger partial charge in [-0.2, -0.15) is 5.10 Å². The van der Waals surface area contributed by atoms with Crippen molar-refractivity contribution < 1.29 is 9.90 Å². The zero-order valence-electron chi connectivity index (χ0n) is 14.7. The Morgan fingerprint density at radius 1 is 1.18 bits per heavy atom. The zero-order valence-corrected chi connectivity index (χ0v) is 16.2. The van der Waals surface area contributed by atoms with Crippen molar-refractivity contribution in [1.29, 1.82) is 0 Å². The van der Waals surface area contributed by atoms with Crippen LogP contribution in [0.15, 0.2) is 46.1 Å². The van der Waals surface area contributed by atoms with E-state index in [4.69, 9.17) is 23.2 Å². The highest BCUT2D eigenvalue weighted by atomic mass is 35.5. The predicted molar refractivity (Wildman–Crippen MR) is 106 cm³/mol. The zero-order chi connectivity index (χ0) is 20.4. The second kappa shape index (κ2) is 8.00. The van der Waals surface area contributed by atoms with Gasteiger partial charge < -0.3 is 9.67 Å². The Morgan fingerprint density at radius 3 is 2.54 bits per heavy atom. The summed E-state index contributed by atoms with van der Waals surface area (Å²) < 4.78 is 1.71. The molecule has 9 heteroatoms. The van der Waals surface area contributed by atoms with Crippen molar-refractivity contribution in [3.05, 3.63) is 84.0 Å². The third kappa shape index (κ3) is 3.85. The minimum absolute atomic E-state index is 0.230. The molecule has 3 rings (SSSR count). The maximum absolute atomic E-state index is 12.6. The molecule has 0 saturated heterocycles. The normalized spacial score (nSPS) is 10.8. The number of carboxylic acid groups (broad SMARTS) is 1. The first-order valence-electron chi connectivity index (χ1n) is 8.30. The number of carbonyl (C=O) groups is 1. The molecule has 0 aliphatic heterocycles. The summed E-state index contributed by atoms with van der Waals surface area (Å²) >= 11 is 12.1. The van der Waals surface area contributed by atoms with Gasteiger partial charge in [-0.3, -0.25) is 9.59 Å². The first-order valence-corrected chi connectivity index (χ1v) is 9.06. The van der Waals surface area contributed by atoms with Crippen LogP contribution in [0.2, 0.25) is 10.0 Å². The largest absolute Gasteiger partial charge is 0.477 e. The van der Waals surface area contributed by atoms with Gasteiger partial charge in [0, 0.05) is 36.4 Å². The van der Waals surface area contributed by atoms with Gasteiger partial charge in [0.1, 0.15) is 5.56 Å². The van der Waals surface area contributed by atoms with Gasteiger partial charge in [-0.1, -0.05) is 29.3 Å². The Morgan fingerprint density at radius 2 is 1.93 bits per heavy atom. The van der Waals surface area contributed by atoms with E-state index in [2.05, 4.69) is 10.2 Å². The van der Waals surface area contributed by atoms with Gasteiger partial charge in [-0.15, -0.1) is 0 Å². The van der Waals surface area contributed by atoms with Gasteiger partial charge >= 0.3 is 5.97 Å². The molecule has 0 aliphatic rings. The number of carboxylic acids is 1. The van der Waals surface area contributed by atoms with Crippen molar-refractivity contribution in [2.24, 2.45) is 0 Å². The van der Waals surface area contributed by atoms with E-state index in [1.165, 1.54) is 24.4 Å². The summed E-state index contributed by atoms with van der Waals surface area (Å²) in [5, 5.41) is 16.3. The fraction of sp³-hybridized carbons (Fsp3) is 0.158. The highest BCUT2D eigenvalue weighted by molar-refractivity contribution is 6.42. The van der Waals surface area contributed by atoms with E-state index in [1.807, 2.05) is 6.92 Å². The smallest absolute Gasteiger partial charge is 0.341 e. The Kier molecular flexibility index (Phi) is 5.67. The summed E-state index contributed by atoms with van der Waals surface area (Å²) in [5.41, 5.74) is 0.471. The van der Waals surface area contributed by atoms with Crippen molar-refractivity contribution in [1.82, 2.24) is 14.8 Å². The lowest BCUT2D eigenvalue weighted by Crippen LogP contribution is -2.23. The number of aromatic carboxylic acids is 1. The number of H-pyrrole nitrogens is 1. The number of halogens is 2. The summed E-state index contributed by atoms with van der Waals surface area (Å²) in [7, 11) is 0. The first kappa shape index (κ1) is 19.9. The van der Waals surface area contributed by atoms with Crippen LogP contribution >= 0.6 is 23.2 Å². The molecule has 1 aromatic carbocycles. The number of hydrogen-bond acceptors (Lipinski definition) is 4. The van der Waals surface area contributed by atoms with E-state index in [9.17, 15) is 19.5 Å². The summed E-state index contributed by atoms with van der Waals surface area (Å²) in [4.78, 5) is 36.0. The van der Waals surface area contributed by atoms with Crippen LogP contribution in [0.4, 0.5) is 0 Å². The van der Waals surface area contributed by atoms with Gasteiger partial charge in [0.25, 0.3) is 5.56 Å². The average Bonchev–Trinajstić information content (AvgIpc) is 2.63. The van der Waals surface area contributed by atoms with Crippen molar-refractivity contribution in [2.75, 3.05) is 0 Å². The van der Waals surface area contributed by atoms with Gasteiger partial charge in [-0.25, -0.2) is 9.89 Å². The molecule has 144 valence electrons. The number of nitrogens with zero attached hydrogens (tertiary/aromatic N) is 2. The number of rotatable bonds is 5. The third-order valence-corrected chi connectivity index (χ3v) is 4.97. The highest BCUT2D eigenvalue weighted by Gasteiger charge is 2.22. The maximum atomic E-state index is 12.6. The van der Waals surface area contributed by atoms with Crippen LogP contribution < -0.4 is 11.0 Å². The number of nitrogens with one attached hydrogen (secondary N) is 1. The number of aromatic amines is 1. The summed E-state index contributed by atoms with van der Waals surface area (Å²) in [6.45, 7) is 2.22. The van der Waals surface area contributed by atoms with Gasteiger partial charge in [0.2, 0.25) is 0 Å². The number of aromatic nitrogens is 3. The van der Waals surface area contributed by atoms with Crippen molar-refractivity contribution >= 4 is 29.2 Å². The predicted octanol–water partition coefficient (Wildman–Crippen LogP) is 3.21. The molecule has 0 radical (unpaired) electrons. The lowest BCUT2D eigenvalue weighted by Gasteiger charge is -2.20. The molecule has 2 N–H and O–H groups in total. The molecule has 0 fully saturated rings. The minimum atomic E-state index is -1.34. The lowest BCUT2D eigenvalue weighted by atomic mass is 10.0. The van der Waals surface area contributed by atoms with E-state index in [1.54, 1.807) is 16.7 Å². The van der Waals surface area contributed by atoms with E-state index in [0.29, 0.717) is 28.4 Å². The van der Waals surface area contributed by atoms with Crippen molar-refractivity contribution in [3.63, 3.8) is 0 Å². The first-order chi connectivity index (χ1) is 13.3. The van der Waals surface area contributed by atoms with E-state index >= 15 is 0 Å². The number of pyridine rings is 1. The Bertz CT molecular complexity index is 1180. The van der Waals surface area contributed by atoms with Crippen LogP contribution in [-0.2, 0) is 13.0 Å². The molecule has 0 amide bonds. The molecule has 0 unspecified atom stereocenters. The fourth-order valence-electron chi connectivity index (χ4n) is 3.08. The lowest BCUT2D eigenvalue weighted by molar-refractivity contribution is 0.0695. The number of hydrogen-bond donors (Lipinski definition) is 2. The Balaban J connectivity index is 2.30. The van der Waals surface area contributed by atoms with Gasteiger partial charge in [0.15, 0.2) is 5.43 Å². The van der Waals surface area contributed by atoms with Gasteiger partial charge in [-0.05, 0) is 24.6 Å². The quantitative estimate of drug-likeness (QED) is 0.660. The molecule has 0 spiro atoms. The molecule has 0 aliphatic carbocycles. The molecular formula is C19H15Cl2N3O4. The average molecular weight is 420 g/mol. The second-order valence-electron chi connectivity index (χ2n) is 6.03. The fourth-order valence-corrected chi connectivity index (χ4v) is 3.38. The summed E-state index contributed by atoms with van der Waals surface area (Å²) in [6, 6.07) is 7.33.